The Balaban J connectivity index is 1.99. The van der Waals surface area contributed by atoms with Crippen molar-refractivity contribution < 1.29 is 13.9 Å². The number of halogens is 1. The monoisotopic (exact) mass is 261 g/mol. The summed E-state index contributed by atoms with van der Waals surface area (Å²) in [5.74, 6) is -1.75. The van der Waals surface area contributed by atoms with Crippen LogP contribution in [0.1, 0.15) is 37.2 Å². The van der Waals surface area contributed by atoms with Crippen molar-refractivity contribution in [1.82, 2.24) is 0 Å². The SMILES string of the molecule is N#CC(C(=O)CCC1CCCO1)c1ccccc1F. The van der Waals surface area contributed by atoms with Crippen molar-refractivity contribution in [3.05, 3.63) is 35.6 Å². The molecule has 4 heteroatoms. The zero-order valence-electron chi connectivity index (χ0n) is 10.6. The average Bonchev–Trinajstić information content (AvgIpc) is 2.92. The fraction of sp³-hybridized carbons (Fsp3) is 0.467. The fourth-order valence-electron chi connectivity index (χ4n) is 2.34. The highest BCUT2D eigenvalue weighted by Crippen LogP contribution is 2.23. The minimum atomic E-state index is -1.01. The van der Waals surface area contributed by atoms with Crippen LogP contribution < -0.4 is 0 Å². The minimum Gasteiger partial charge on any atom is -0.378 e. The van der Waals surface area contributed by atoms with E-state index in [9.17, 15) is 9.18 Å². The van der Waals surface area contributed by atoms with E-state index >= 15 is 0 Å². The molecule has 0 saturated carbocycles. The number of ether oxygens (including phenoxy) is 1. The number of benzene rings is 1. The van der Waals surface area contributed by atoms with E-state index in [4.69, 9.17) is 10.00 Å². The van der Waals surface area contributed by atoms with Crippen LogP contribution in [0.2, 0.25) is 0 Å². The Kier molecular flexibility index (Phi) is 4.64. The van der Waals surface area contributed by atoms with Crippen LogP contribution in [0.3, 0.4) is 0 Å². The molecule has 3 nitrogen and oxygen atoms in total. The lowest BCUT2D eigenvalue weighted by atomic mass is 9.92. The van der Waals surface area contributed by atoms with E-state index in [1.807, 2.05) is 6.07 Å². The maximum Gasteiger partial charge on any atom is 0.154 e. The third kappa shape index (κ3) is 3.39. The van der Waals surface area contributed by atoms with Crippen molar-refractivity contribution in [3.63, 3.8) is 0 Å². The number of Topliss-reactive ketones (excluding diaryl/α,β-unsaturated/α-hetero) is 1. The van der Waals surface area contributed by atoms with Crippen molar-refractivity contribution in [3.8, 4) is 6.07 Å². The van der Waals surface area contributed by atoms with Gasteiger partial charge < -0.3 is 4.74 Å². The first kappa shape index (κ1) is 13.7. The smallest absolute Gasteiger partial charge is 0.154 e. The molecule has 0 bridgehead atoms. The molecule has 0 aromatic heterocycles. The summed E-state index contributed by atoms with van der Waals surface area (Å²) in [5.41, 5.74) is 0.169. The summed E-state index contributed by atoms with van der Waals surface area (Å²) in [6.07, 6.45) is 2.98. The Bertz CT molecular complexity index is 489. The van der Waals surface area contributed by atoms with E-state index in [1.54, 1.807) is 12.1 Å². The fourth-order valence-corrected chi connectivity index (χ4v) is 2.34. The third-order valence-electron chi connectivity index (χ3n) is 3.40. The van der Waals surface area contributed by atoms with Gasteiger partial charge in [-0.1, -0.05) is 18.2 Å². The van der Waals surface area contributed by atoms with Crippen molar-refractivity contribution in [1.29, 1.82) is 5.26 Å². The standard InChI is InChI=1S/C15H16FNO2/c16-14-6-2-1-5-12(14)13(10-17)15(18)8-7-11-4-3-9-19-11/h1-2,5-6,11,13H,3-4,7-9H2. The molecule has 2 unspecified atom stereocenters. The van der Waals surface area contributed by atoms with Crippen LogP contribution in [0.5, 0.6) is 0 Å². The number of ketones is 1. The molecule has 2 atom stereocenters. The molecule has 0 aliphatic carbocycles. The predicted molar refractivity (Wildman–Crippen MR) is 68.0 cm³/mol. The van der Waals surface area contributed by atoms with E-state index < -0.39 is 11.7 Å². The van der Waals surface area contributed by atoms with E-state index in [0.717, 1.165) is 19.4 Å². The number of carbonyl (C=O) groups excluding carboxylic acids is 1. The van der Waals surface area contributed by atoms with Crippen LogP contribution in [0.4, 0.5) is 4.39 Å². The molecule has 0 N–H and O–H groups in total. The lowest BCUT2D eigenvalue weighted by Crippen LogP contribution is -2.15. The summed E-state index contributed by atoms with van der Waals surface area (Å²) in [6, 6.07) is 7.85. The minimum absolute atomic E-state index is 0.115. The molecule has 1 saturated heterocycles. The summed E-state index contributed by atoms with van der Waals surface area (Å²) < 4.78 is 19.0. The van der Waals surface area contributed by atoms with Gasteiger partial charge in [-0.25, -0.2) is 4.39 Å². The number of rotatable bonds is 5. The zero-order chi connectivity index (χ0) is 13.7. The number of carbonyl (C=O) groups is 1. The average molecular weight is 261 g/mol. The van der Waals surface area contributed by atoms with Gasteiger partial charge in [0.25, 0.3) is 0 Å². The topological polar surface area (TPSA) is 50.1 Å². The molecular formula is C15H16FNO2. The Labute approximate surface area is 112 Å². The Morgan fingerprint density at radius 3 is 2.95 bits per heavy atom. The second-order valence-corrected chi connectivity index (χ2v) is 4.72. The van der Waals surface area contributed by atoms with Crippen molar-refractivity contribution in [2.45, 2.75) is 37.7 Å². The van der Waals surface area contributed by atoms with Gasteiger partial charge in [0.05, 0.1) is 12.2 Å². The lowest BCUT2D eigenvalue weighted by Gasteiger charge is -2.12. The summed E-state index contributed by atoms with van der Waals surface area (Å²) in [4.78, 5) is 12.0. The second kappa shape index (κ2) is 6.44. The van der Waals surface area contributed by atoms with Crippen LogP contribution in [0.15, 0.2) is 24.3 Å². The van der Waals surface area contributed by atoms with E-state index in [-0.39, 0.29) is 23.9 Å². The maximum atomic E-state index is 13.6. The Morgan fingerprint density at radius 2 is 2.32 bits per heavy atom. The molecular weight excluding hydrogens is 245 g/mol. The first-order chi connectivity index (χ1) is 9.22. The highest BCUT2D eigenvalue weighted by molar-refractivity contribution is 5.88. The van der Waals surface area contributed by atoms with E-state index in [1.165, 1.54) is 12.1 Å². The quantitative estimate of drug-likeness (QED) is 0.818. The number of hydrogen-bond donors (Lipinski definition) is 0. The van der Waals surface area contributed by atoms with Gasteiger partial charge in [0.15, 0.2) is 5.78 Å². The largest absolute Gasteiger partial charge is 0.378 e. The lowest BCUT2D eigenvalue weighted by molar-refractivity contribution is -0.120. The number of hydrogen-bond acceptors (Lipinski definition) is 3. The van der Waals surface area contributed by atoms with Gasteiger partial charge >= 0.3 is 0 Å². The summed E-state index contributed by atoms with van der Waals surface area (Å²) in [5, 5.41) is 9.10. The second-order valence-electron chi connectivity index (χ2n) is 4.72. The highest BCUT2D eigenvalue weighted by atomic mass is 19.1. The summed E-state index contributed by atoms with van der Waals surface area (Å²) >= 11 is 0. The Morgan fingerprint density at radius 1 is 1.53 bits per heavy atom. The number of nitrogens with zero attached hydrogens (tertiary/aromatic N) is 1. The normalized spacial score (nSPS) is 19.9. The Hall–Kier alpha value is -1.73. The first-order valence-corrected chi connectivity index (χ1v) is 6.50. The molecule has 0 radical (unpaired) electrons. The van der Waals surface area contributed by atoms with Crippen LogP contribution in [0.25, 0.3) is 0 Å². The summed E-state index contributed by atoms with van der Waals surface area (Å²) in [6.45, 7) is 0.744. The van der Waals surface area contributed by atoms with Crippen LogP contribution in [0, 0.1) is 17.1 Å². The molecule has 1 fully saturated rings. The van der Waals surface area contributed by atoms with Crippen LogP contribution in [-0.4, -0.2) is 18.5 Å². The van der Waals surface area contributed by atoms with Gasteiger partial charge in [0.2, 0.25) is 0 Å². The highest BCUT2D eigenvalue weighted by Gasteiger charge is 2.24. The maximum absolute atomic E-state index is 13.6. The van der Waals surface area contributed by atoms with Crippen molar-refractivity contribution >= 4 is 5.78 Å². The first-order valence-electron chi connectivity index (χ1n) is 6.50. The molecule has 100 valence electrons. The summed E-state index contributed by atoms with van der Waals surface area (Å²) in [7, 11) is 0. The van der Waals surface area contributed by atoms with Gasteiger partial charge in [-0.15, -0.1) is 0 Å². The predicted octanol–water partition coefficient (Wildman–Crippen LogP) is 2.96. The molecule has 19 heavy (non-hydrogen) atoms. The third-order valence-corrected chi connectivity index (χ3v) is 3.40. The molecule has 2 rings (SSSR count). The van der Waals surface area contributed by atoms with Crippen LogP contribution >= 0.6 is 0 Å². The van der Waals surface area contributed by atoms with Gasteiger partial charge in [0, 0.05) is 18.6 Å². The molecule has 1 heterocycles. The van der Waals surface area contributed by atoms with E-state index in [2.05, 4.69) is 0 Å². The number of nitriles is 1. The van der Waals surface area contributed by atoms with E-state index in [0.29, 0.717) is 6.42 Å². The molecule has 1 aromatic carbocycles. The molecule has 1 aliphatic heterocycles. The molecule has 0 amide bonds. The molecule has 0 spiro atoms. The van der Waals surface area contributed by atoms with Gasteiger partial charge in [-0.2, -0.15) is 5.26 Å². The molecule has 1 aliphatic rings. The van der Waals surface area contributed by atoms with Crippen LogP contribution in [-0.2, 0) is 9.53 Å². The van der Waals surface area contributed by atoms with Crippen molar-refractivity contribution in [2.24, 2.45) is 0 Å². The zero-order valence-corrected chi connectivity index (χ0v) is 10.6. The van der Waals surface area contributed by atoms with Gasteiger partial charge in [-0.05, 0) is 25.3 Å². The van der Waals surface area contributed by atoms with Crippen molar-refractivity contribution in [2.75, 3.05) is 6.61 Å². The van der Waals surface area contributed by atoms with Gasteiger partial charge in [0.1, 0.15) is 11.7 Å². The van der Waals surface area contributed by atoms with Gasteiger partial charge in [-0.3, -0.25) is 4.79 Å². The molecule has 1 aromatic rings.